The van der Waals surface area contributed by atoms with E-state index < -0.39 is 0 Å². The fraction of sp³-hybridized carbons (Fsp3) is 0.250. The summed E-state index contributed by atoms with van der Waals surface area (Å²) in [7, 11) is 4.95. The van der Waals surface area contributed by atoms with Crippen LogP contribution in [0.3, 0.4) is 0 Å². The topological polar surface area (TPSA) is 57.3 Å². The fourth-order valence-corrected chi connectivity index (χ4v) is 3.77. The maximum Gasteiger partial charge on any atom is 0.206 e. The van der Waals surface area contributed by atoms with Gasteiger partial charge in [-0.15, -0.1) is 11.3 Å². The molecule has 0 bridgehead atoms. The minimum Gasteiger partial charge on any atom is -0.497 e. The molecule has 0 saturated heterocycles. The van der Waals surface area contributed by atoms with Gasteiger partial charge >= 0.3 is 0 Å². The third-order valence-corrected chi connectivity index (χ3v) is 5.46. The first-order valence-electron chi connectivity index (χ1n) is 9.74. The number of hydrogen-bond donors (Lipinski definition) is 0. The molecule has 0 spiro atoms. The largest absolute Gasteiger partial charge is 0.497 e. The number of benzene rings is 2. The van der Waals surface area contributed by atoms with Crippen molar-refractivity contribution in [2.24, 2.45) is 10.1 Å². The Hall–Kier alpha value is -3.32. The fourth-order valence-electron chi connectivity index (χ4n) is 2.95. The number of rotatable bonds is 8. The van der Waals surface area contributed by atoms with Crippen LogP contribution in [-0.4, -0.2) is 38.3 Å². The third-order valence-electron chi connectivity index (χ3n) is 4.61. The van der Waals surface area contributed by atoms with Gasteiger partial charge < -0.3 is 14.2 Å². The standard InChI is InChI=1S/C24H27N3O3S/c1-16(2)14-25-24-27(26-17(3)18-7-9-19(28-4)10-8-18)22(15-31-24)21-13-20(29-5)11-12-23(21)30-6/h7-13,15H,1,14H2,2-6H3. The van der Waals surface area contributed by atoms with E-state index in [-0.39, 0.29) is 0 Å². The van der Waals surface area contributed by atoms with Gasteiger partial charge in [-0.3, -0.25) is 4.99 Å². The summed E-state index contributed by atoms with van der Waals surface area (Å²) in [6, 6.07) is 13.5. The minimum atomic E-state index is 0.534. The van der Waals surface area contributed by atoms with E-state index in [1.807, 2.05) is 66.4 Å². The normalized spacial score (nSPS) is 12.0. The monoisotopic (exact) mass is 437 g/mol. The summed E-state index contributed by atoms with van der Waals surface area (Å²) in [6.45, 7) is 8.42. The summed E-state index contributed by atoms with van der Waals surface area (Å²) < 4.78 is 18.1. The van der Waals surface area contributed by atoms with E-state index in [2.05, 4.69) is 6.58 Å². The van der Waals surface area contributed by atoms with Crippen LogP contribution in [0.15, 0.2) is 70.1 Å². The Morgan fingerprint density at radius 2 is 1.65 bits per heavy atom. The Labute approximate surface area is 186 Å². The molecule has 1 heterocycles. The van der Waals surface area contributed by atoms with Gasteiger partial charge in [0.2, 0.25) is 4.80 Å². The van der Waals surface area contributed by atoms with Crippen molar-refractivity contribution < 1.29 is 14.2 Å². The lowest BCUT2D eigenvalue weighted by Gasteiger charge is -2.12. The molecule has 0 amide bonds. The molecule has 0 aliphatic heterocycles. The van der Waals surface area contributed by atoms with Crippen LogP contribution < -0.4 is 19.0 Å². The first-order chi connectivity index (χ1) is 15.0. The molecule has 3 aromatic rings. The Bertz CT molecular complexity index is 1160. The first-order valence-corrected chi connectivity index (χ1v) is 10.6. The molecule has 6 nitrogen and oxygen atoms in total. The molecule has 3 rings (SSSR count). The number of ether oxygens (including phenoxy) is 3. The lowest BCUT2D eigenvalue weighted by molar-refractivity contribution is 0.404. The Morgan fingerprint density at radius 3 is 2.26 bits per heavy atom. The van der Waals surface area contributed by atoms with Gasteiger partial charge in [-0.1, -0.05) is 12.2 Å². The summed E-state index contributed by atoms with van der Waals surface area (Å²) in [4.78, 5) is 5.48. The summed E-state index contributed by atoms with van der Waals surface area (Å²) >= 11 is 1.52. The molecular weight excluding hydrogens is 410 g/mol. The van der Waals surface area contributed by atoms with Crippen molar-refractivity contribution in [3.05, 3.63) is 70.4 Å². The van der Waals surface area contributed by atoms with Crippen molar-refractivity contribution in [3.63, 3.8) is 0 Å². The maximum atomic E-state index is 5.61. The highest BCUT2D eigenvalue weighted by Crippen LogP contribution is 2.33. The average Bonchev–Trinajstić information content (AvgIpc) is 3.19. The van der Waals surface area contributed by atoms with Gasteiger partial charge in [0.05, 0.1) is 39.3 Å². The molecule has 0 unspecified atom stereocenters. The zero-order valence-electron chi connectivity index (χ0n) is 18.5. The molecule has 0 saturated carbocycles. The Balaban J connectivity index is 2.18. The predicted molar refractivity (Wildman–Crippen MR) is 127 cm³/mol. The molecule has 0 atom stereocenters. The van der Waals surface area contributed by atoms with Crippen molar-refractivity contribution in [2.75, 3.05) is 27.9 Å². The highest BCUT2D eigenvalue weighted by Gasteiger charge is 2.15. The molecule has 0 fully saturated rings. The van der Waals surface area contributed by atoms with Crippen LogP contribution in [0.5, 0.6) is 17.2 Å². The lowest BCUT2D eigenvalue weighted by atomic mass is 10.1. The second-order valence-corrected chi connectivity index (χ2v) is 7.81. The number of thiazole rings is 1. The quantitative estimate of drug-likeness (QED) is 0.368. The average molecular weight is 438 g/mol. The highest BCUT2D eigenvalue weighted by molar-refractivity contribution is 7.07. The molecule has 0 aliphatic carbocycles. The van der Waals surface area contributed by atoms with Crippen molar-refractivity contribution >= 4 is 17.0 Å². The van der Waals surface area contributed by atoms with Crippen LogP contribution >= 0.6 is 11.3 Å². The predicted octanol–water partition coefficient (Wildman–Crippen LogP) is 4.99. The van der Waals surface area contributed by atoms with Crippen LogP contribution in [0.4, 0.5) is 0 Å². The van der Waals surface area contributed by atoms with Crippen LogP contribution in [0.1, 0.15) is 19.4 Å². The lowest BCUT2D eigenvalue weighted by Crippen LogP contribution is -2.15. The molecule has 0 radical (unpaired) electrons. The van der Waals surface area contributed by atoms with Gasteiger partial charge in [0.25, 0.3) is 0 Å². The number of aromatic nitrogens is 1. The van der Waals surface area contributed by atoms with Gasteiger partial charge in [0.1, 0.15) is 17.2 Å². The number of hydrogen-bond acceptors (Lipinski definition) is 6. The van der Waals surface area contributed by atoms with E-state index in [0.29, 0.717) is 6.54 Å². The van der Waals surface area contributed by atoms with Crippen LogP contribution in [-0.2, 0) is 0 Å². The minimum absolute atomic E-state index is 0.534. The third kappa shape index (κ3) is 5.24. The summed E-state index contributed by atoms with van der Waals surface area (Å²) in [6.07, 6.45) is 0. The molecule has 2 aromatic carbocycles. The van der Waals surface area contributed by atoms with E-state index in [1.54, 1.807) is 21.3 Å². The van der Waals surface area contributed by atoms with E-state index >= 15 is 0 Å². The summed E-state index contributed by atoms with van der Waals surface area (Å²) in [5.74, 6) is 2.28. The zero-order valence-corrected chi connectivity index (χ0v) is 19.3. The van der Waals surface area contributed by atoms with Gasteiger partial charge in [0.15, 0.2) is 0 Å². The van der Waals surface area contributed by atoms with E-state index in [4.69, 9.17) is 24.3 Å². The Morgan fingerprint density at radius 1 is 0.968 bits per heavy atom. The zero-order chi connectivity index (χ0) is 22.4. The van der Waals surface area contributed by atoms with Crippen LogP contribution in [0, 0.1) is 0 Å². The Kier molecular flexibility index (Phi) is 7.31. The van der Waals surface area contributed by atoms with E-state index in [9.17, 15) is 0 Å². The van der Waals surface area contributed by atoms with Gasteiger partial charge in [-0.25, -0.2) is 4.68 Å². The van der Waals surface area contributed by atoms with Gasteiger partial charge in [-0.05, 0) is 61.9 Å². The molecule has 0 aliphatic rings. The van der Waals surface area contributed by atoms with Gasteiger partial charge in [0, 0.05) is 10.9 Å². The second kappa shape index (κ2) is 10.1. The number of nitrogens with zero attached hydrogens (tertiary/aromatic N) is 3. The molecule has 1 aromatic heterocycles. The maximum absolute atomic E-state index is 5.61. The smallest absolute Gasteiger partial charge is 0.206 e. The molecule has 0 N–H and O–H groups in total. The van der Waals surface area contributed by atoms with Crippen LogP contribution in [0.2, 0.25) is 0 Å². The number of methoxy groups -OCH3 is 3. The van der Waals surface area contributed by atoms with Crippen molar-refractivity contribution in [1.29, 1.82) is 0 Å². The molecule has 7 heteroatoms. The summed E-state index contributed by atoms with van der Waals surface area (Å²) in [5, 5.41) is 6.94. The first kappa shape index (κ1) is 22.4. The second-order valence-electron chi connectivity index (χ2n) is 6.97. The molecule has 162 valence electrons. The van der Waals surface area contributed by atoms with Crippen molar-refractivity contribution in [3.8, 4) is 28.5 Å². The van der Waals surface area contributed by atoms with Crippen molar-refractivity contribution in [1.82, 2.24) is 4.68 Å². The summed E-state index contributed by atoms with van der Waals surface area (Å²) in [5.41, 5.74) is 4.57. The molecule has 31 heavy (non-hydrogen) atoms. The van der Waals surface area contributed by atoms with Crippen LogP contribution in [0.25, 0.3) is 11.3 Å². The van der Waals surface area contributed by atoms with E-state index in [1.165, 1.54) is 11.3 Å². The van der Waals surface area contributed by atoms with Gasteiger partial charge in [-0.2, -0.15) is 5.10 Å². The van der Waals surface area contributed by atoms with Crippen molar-refractivity contribution in [2.45, 2.75) is 13.8 Å². The SMILES string of the molecule is C=C(C)CN=c1scc(-c2cc(OC)ccc2OC)n1N=C(C)c1ccc(OC)cc1. The highest BCUT2D eigenvalue weighted by atomic mass is 32.1. The molecular formula is C24H27N3O3S. The van der Waals surface area contributed by atoms with E-state index in [0.717, 1.165) is 50.2 Å².